The predicted octanol–water partition coefficient (Wildman–Crippen LogP) is 2.87. The number of hydrogen-bond acceptors (Lipinski definition) is 4. The second-order valence-corrected chi connectivity index (χ2v) is 5.26. The van der Waals surface area contributed by atoms with Crippen LogP contribution in [-0.4, -0.2) is 25.0 Å². The summed E-state index contributed by atoms with van der Waals surface area (Å²) in [4.78, 5) is 23.9. The molecule has 0 aliphatic heterocycles. The van der Waals surface area contributed by atoms with Gasteiger partial charge in [0.05, 0.1) is 12.2 Å². The highest BCUT2D eigenvalue weighted by atomic mass is 16.5. The van der Waals surface area contributed by atoms with Gasteiger partial charge in [-0.1, -0.05) is 42.0 Å². The second kappa shape index (κ2) is 8.72. The lowest BCUT2D eigenvalue weighted by molar-refractivity contribution is -0.143. The minimum absolute atomic E-state index is 0.185. The molecule has 2 aromatic rings. The van der Waals surface area contributed by atoms with Crippen LogP contribution in [0, 0.1) is 6.92 Å². The van der Waals surface area contributed by atoms with Crippen LogP contribution in [0.15, 0.2) is 48.5 Å². The largest absolute Gasteiger partial charge is 0.493 e. The van der Waals surface area contributed by atoms with Gasteiger partial charge in [-0.25, -0.2) is 0 Å². The molecule has 2 aromatic carbocycles. The van der Waals surface area contributed by atoms with Crippen molar-refractivity contribution in [1.82, 2.24) is 5.32 Å². The van der Waals surface area contributed by atoms with E-state index in [2.05, 4.69) is 5.32 Å². The van der Waals surface area contributed by atoms with E-state index in [1.807, 2.05) is 38.1 Å². The zero-order chi connectivity index (χ0) is 17.4. The van der Waals surface area contributed by atoms with Crippen molar-refractivity contribution in [2.24, 2.45) is 0 Å². The van der Waals surface area contributed by atoms with Crippen molar-refractivity contribution in [2.45, 2.75) is 20.5 Å². The number of esters is 1. The molecule has 0 bridgehead atoms. The van der Waals surface area contributed by atoms with E-state index in [4.69, 9.17) is 9.47 Å². The molecule has 0 fully saturated rings. The van der Waals surface area contributed by atoms with E-state index in [1.54, 1.807) is 24.3 Å². The summed E-state index contributed by atoms with van der Waals surface area (Å²) in [6, 6.07) is 14.6. The van der Waals surface area contributed by atoms with Gasteiger partial charge in [-0.05, 0) is 31.5 Å². The smallest absolute Gasteiger partial charge is 0.325 e. The minimum Gasteiger partial charge on any atom is -0.493 e. The summed E-state index contributed by atoms with van der Waals surface area (Å²) >= 11 is 0. The Kier molecular flexibility index (Phi) is 6.37. The van der Waals surface area contributed by atoms with Crippen molar-refractivity contribution in [2.75, 3.05) is 13.2 Å². The van der Waals surface area contributed by atoms with Crippen molar-refractivity contribution >= 4 is 11.9 Å². The Morgan fingerprint density at radius 2 is 1.75 bits per heavy atom. The number of hydrogen-bond donors (Lipinski definition) is 1. The van der Waals surface area contributed by atoms with Crippen LogP contribution in [0.1, 0.15) is 28.4 Å². The summed E-state index contributed by atoms with van der Waals surface area (Å²) in [6.45, 7) is 4.29. The molecular formula is C19H21NO4. The van der Waals surface area contributed by atoms with Crippen LogP contribution >= 0.6 is 0 Å². The summed E-state index contributed by atoms with van der Waals surface area (Å²) in [6.07, 6.45) is 0. The van der Waals surface area contributed by atoms with Gasteiger partial charge in [0.2, 0.25) is 0 Å². The maximum absolute atomic E-state index is 12.2. The number of benzene rings is 2. The number of para-hydroxylation sites is 1. The predicted molar refractivity (Wildman–Crippen MR) is 90.9 cm³/mol. The maximum atomic E-state index is 12.2. The molecule has 0 aliphatic carbocycles. The quantitative estimate of drug-likeness (QED) is 0.794. The van der Waals surface area contributed by atoms with Crippen LogP contribution in [0.2, 0.25) is 0 Å². The summed E-state index contributed by atoms with van der Waals surface area (Å²) in [5.41, 5.74) is 2.44. The zero-order valence-electron chi connectivity index (χ0n) is 13.9. The number of nitrogens with one attached hydrogen (secondary N) is 1. The van der Waals surface area contributed by atoms with Crippen LogP contribution < -0.4 is 10.1 Å². The Morgan fingerprint density at radius 3 is 2.46 bits per heavy atom. The number of rotatable bonds is 7. The maximum Gasteiger partial charge on any atom is 0.325 e. The molecule has 2 rings (SSSR count). The minimum atomic E-state index is -0.488. The molecule has 0 unspecified atom stereocenters. The molecule has 1 amide bonds. The van der Waals surface area contributed by atoms with E-state index < -0.39 is 5.97 Å². The lowest BCUT2D eigenvalue weighted by Crippen LogP contribution is -2.30. The average Bonchev–Trinajstić information content (AvgIpc) is 2.60. The highest BCUT2D eigenvalue weighted by Gasteiger charge is 2.13. The molecule has 5 heteroatoms. The second-order valence-electron chi connectivity index (χ2n) is 5.26. The van der Waals surface area contributed by atoms with Gasteiger partial charge in [-0.15, -0.1) is 0 Å². The Morgan fingerprint density at radius 1 is 1.04 bits per heavy atom. The van der Waals surface area contributed by atoms with Gasteiger partial charge in [-0.2, -0.15) is 0 Å². The standard InChI is InChI=1S/C19H21NO4/c1-3-23-17-7-5-4-6-16(17)19(22)20-12-18(21)24-13-15-10-8-14(2)9-11-15/h4-11H,3,12-13H2,1-2H3,(H,20,22). The first-order valence-electron chi connectivity index (χ1n) is 7.81. The molecule has 24 heavy (non-hydrogen) atoms. The van der Waals surface area contributed by atoms with Gasteiger partial charge in [0, 0.05) is 0 Å². The van der Waals surface area contributed by atoms with Crippen LogP contribution in [-0.2, 0) is 16.1 Å². The number of aryl methyl sites for hydroxylation is 1. The summed E-state index contributed by atoms with van der Waals surface area (Å²) in [5.74, 6) is -0.366. The van der Waals surface area contributed by atoms with Gasteiger partial charge < -0.3 is 14.8 Å². The van der Waals surface area contributed by atoms with E-state index >= 15 is 0 Å². The number of ether oxygens (including phenoxy) is 2. The van der Waals surface area contributed by atoms with E-state index in [0.717, 1.165) is 11.1 Å². The molecule has 0 saturated carbocycles. The lowest BCUT2D eigenvalue weighted by Gasteiger charge is -2.10. The molecule has 0 saturated heterocycles. The van der Waals surface area contributed by atoms with Gasteiger partial charge in [0.25, 0.3) is 5.91 Å². The van der Waals surface area contributed by atoms with Crippen molar-refractivity contribution in [3.63, 3.8) is 0 Å². The van der Waals surface area contributed by atoms with Gasteiger partial charge >= 0.3 is 5.97 Å². The lowest BCUT2D eigenvalue weighted by atomic mass is 10.2. The summed E-state index contributed by atoms with van der Waals surface area (Å²) in [5, 5.41) is 2.55. The third-order valence-corrected chi connectivity index (χ3v) is 3.35. The number of carbonyl (C=O) groups is 2. The summed E-state index contributed by atoms with van der Waals surface area (Å²) in [7, 11) is 0. The first kappa shape index (κ1) is 17.5. The first-order chi connectivity index (χ1) is 11.6. The highest BCUT2D eigenvalue weighted by Crippen LogP contribution is 2.17. The van der Waals surface area contributed by atoms with Crippen LogP contribution in [0.25, 0.3) is 0 Å². The van der Waals surface area contributed by atoms with E-state index in [-0.39, 0.29) is 19.1 Å². The van der Waals surface area contributed by atoms with Crippen molar-refractivity contribution in [3.8, 4) is 5.75 Å². The highest BCUT2D eigenvalue weighted by molar-refractivity contribution is 5.98. The Bertz CT molecular complexity index is 695. The molecular weight excluding hydrogens is 306 g/mol. The monoisotopic (exact) mass is 327 g/mol. The third-order valence-electron chi connectivity index (χ3n) is 3.35. The Hall–Kier alpha value is -2.82. The number of carbonyl (C=O) groups excluding carboxylic acids is 2. The first-order valence-corrected chi connectivity index (χ1v) is 7.81. The van der Waals surface area contributed by atoms with Gasteiger partial charge in [0.1, 0.15) is 18.9 Å². The third kappa shape index (κ3) is 5.12. The summed E-state index contributed by atoms with van der Waals surface area (Å²) < 4.78 is 10.5. The topological polar surface area (TPSA) is 64.6 Å². The van der Waals surface area contributed by atoms with E-state index in [9.17, 15) is 9.59 Å². The molecule has 5 nitrogen and oxygen atoms in total. The van der Waals surface area contributed by atoms with Crippen LogP contribution in [0.3, 0.4) is 0 Å². The van der Waals surface area contributed by atoms with Crippen molar-refractivity contribution in [1.29, 1.82) is 0 Å². The molecule has 0 radical (unpaired) electrons. The molecule has 1 N–H and O–H groups in total. The fourth-order valence-electron chi connectivity index (χ4n) is 2.08. The molecule has 0 aromatic heterocycles. The van der Waals surface area contributed by atoms with Crippen LogP contribution in [0.5, 0.6) is 5.75 Å². The van der Waals surface area contributed by atoms with Gasteiger partial charge in [0.15, 0.2) is 0 Å². The van der Waals surface area contributed by atoms with E-state index in [0.29, 0.717) is 17.9 Å². The van der Waals surface area contributed by atoms with Crippen molar-refractivity contribution < 1.29 is 19.1 Å². The molecule has 0 spiro atoms. The Labute approximate surface area is 141 Å². The Balaban J connectivity index is 1.83. The van der Waals surface area contributed by atoms with Crippen LogP contribution in [0.4, 0.5) is 0 Å². The SMILES string of the molecule is CCOc1ccccc1C(=O)NCC(=O)OCc1ccc(C)cc1. The van der Waals surface area contributed by atoms with Crippen molar-refractivity contribution in [3.05, 3.63) is 65.2 Å². The van der Waals surface area contributed by atoms with Gasteiger partial charge in [-0.3, -0.25) is 9.59 Å². The zero-order valence-corrected chi connectivity index (χ0v) is 13.9. The molecule has 0 aliphatic rings. The fraction of sp³-hybridized carbons (Fsp3) is 0.263. The van der Waals surface area contributed by atoms with E-state index in [1.165, 1.54) is 0 Å². The molecule has 0 atom stereocenters. The fourth-order valence-corrected chi connectivity index (χ4v) is 2.08. The molecule has 0 heterocycles. The normalized spacial score (nSPS) is 10.1. The molecule has 126 valence electrons. The number of amides is 1. The average molecular weight is 327 g/mol.